The molecule has 0 radical (unpaired) electrons. The van der Waals surface area contributed by atoms with Crippen LogP contribution < -0.4 is 5.73 Å². The van der Waals surface area contributed by atoms with Crippen LogP contribution >= 0.6 is 0 Å². The first-order valence-corrected chi connectivity index (χ1v) is 7.84. The second-order valence-electron chi connectivity index (χ2n) is 4.75. The number of terminal acetylenes is 1. The third kappa shape index (κ3) is 2.88. The Morgan fingerprint density at radius 2 is 1.86 bits per heavy atom. The van der Waals surface area contributed by atoms with Crippen molar-refractivity contribution in [3.63, 3.8) is 0 Å². The van der Waals surface area contributed by atoms with E-state index in [2.05, 4.69) is 15.9 Å². The summed E-state index contributed by atoms with van der Waals surface area (Å²) in [4.78, 5) is 8.47. The van der Waals surface area contributed by atoms with Gasteiger partial charge in [-0.3, -0.25) is 0 Å². The molecule has 0 bridgehead atoms. The minimum atomic E-state index is -3.28. The number of hydrogen-bond acceptors (Lipinski definition) is 5. The zero-order chi connectivity index (χ0) is 15.6. The molecule has 1 heterocycles. The number of nitrogens with two attached hydrogens (primary N) is 1. The summed E-state index contributed by atoms with van der Waals surface area (Å²) in [5, 5.41) is -0.465. The van der Waals surface area contributed by atoms with Crippen LogP contribution in [0.15, 0.2) is 35.4 Å². The first-order valence-electron chi connectivity index (χ1n) is 6.29. The van der Waals surface area contributed by atoms with Crippen molar-refractivity contribution < 1.29 is 8.42 Å². The molecule has 108 valence electrons. The van der Waals surface area contributed by atoms with Crippen LogP contribution in [-0.4, -0.2) is 23.6 Å². The van der Waals surface area contributed by atoms with Crippen LogP contribution in [0.25, 0.3) is 11.3 Å². The molecule has 0 aliphatic rings. The maximum absolute atomic E-state index is 12.1. The van der Waals surface area contributed by atoms with E-state index < -0.39 is 15.1 Å². The van der Waals surface area contributed by atoms with Gasteiger partial charge in [0.05, 0.1) is 22.0 Å². The largest absolute Gasteiger partial charge is 0.381 e. The maximum atomic E-state index is 12.1. The van der Waals surface area contributed by atoms with Crippen molar-refractivity contribution in [1.29, 1.82) is 0 Å². The zero-order valence-electron chi connectivity index (χ0n) is 11.7. The van der Waals surface area contributed by atoms with E-state index in [4.69, 9.17) is 12.2 Å². The molecule has 0 saturated carbocycles. The average molecular weight is 301 g/mol. The summed E-state index contributed by atoms with van der Waals surface area (Å²) in [7, 11) is -3.28. The van der Waals surface area contributed by atoms with Crippen LogP contribution in [0.2, 0.25) is 0 Å². The number of hydrogen-bond donors (Lipinski definition) is 1. The summed E-state index contributed by atoms with van der Waals surface area (Å²) < 4.78 is 24.1. The topological polar surface area (TPSA) is 85.9 Å². The summed E-state index contributed by atoms with van der Waals surface area (Å²) in [5.41, 5.74) is 7.14. The van der Waals surface area contributed by atoms with Gasteiger partial charge in [0.25, 0.3) is 0 Å². The number of benzene rings is 1. The highest BCUT2D eigenvalue weighted by molar-refractivity contribution is 7.92. The van der Waals surface area contributed by atoms with E-state index in [9.17, 15) is 8.42 Å². The number of sulfone groups is 1. The van der Waals surface area contributed by atoms with E-state index in [1.165, 1.54) is 6.20 Å². The normalized spacial score (nSPS) is 11.3. The van der Waals surface area contributed by atoms with Crippen LogP contribution in [-0.2, 0) is 9.84 Å². The van der Waals surface area contributed by atoms with E-state index in [0.29, 0.717) is 5.69 Å². The van der Waals surface area contributed by atoms with Crippen LogP contribution in [0.1, 0.15) is 19.5 Å². The molecule has 0 atom stereocenters. The molecule has 0 fully saturated rings. The van der Waals surface area contributed by atoms with Crippen molar-refractivity contribution >= 4 is 15.7 Å². The summed E-state index contributed by atoms with van der Waals surface area (Å²) in [6.07, 6.45) is 6.80. The van der Waals surface area contributed by atoms with Crippen molar-refractivity contribution in [2.45, 2.75) is 24.0 Å². The van der Waals surface area contributed by atoms with Gasteiger partial charge >= 0.3 is 0 Å². The van der Waals surface area contributed by atoms with E-state index in [1.807, 2.05) is 0 Å². The molecule has 0 amide bonds. The predicted molar refractivity (Wildman–Crippen MR) is 82.1 cm³/mol. The highest BCUT2D eigenvalue weighted by atomic mass is 32.2. The van der Waals surface area contributed by atoms with E-state index >= 15 is 0 Å². The molecule has 2 rings (SSSR count). The Hall–Kier alpha value is -2.39. The number of rotatable bonds is 3. The molecule has 0 spiro atoms. The summed E-state index contributed by atoms with van der Waals surface area (Å²) >= 11 is 0. The Bertz CT molecular complexity index is 804. The molecule has 21 heavy (non-hydrogen) atoms. The van der Waals surface area contributed by atoms with Crippen LogP contribution in [0.5, 0.6) is 0 Å². The lowest BCUT2D eigenvalue weighted by molar-refractivity contribution is 0.587. The maximum Gasteiger partial charge on any atom is 0.180 e. The lowest BCUT2D eigenvalue weighted by Crippen LogP contribution is -2.13. The van der Waals surface area contributed by atoms with Gasteiger partial charge in [0, 0.05) is 5.56 Å². The molecule has 2 aromatic rings. The van der Waals surface area contributed by atoms with Gasteiger partial charge in [0.15, 0.2) is 21.3 Å². The highest BCUT2D eigenvalue weighted by Crippen LogP contribution is 2.22. The third-order valence-electron chi connectivity index (χ3n) is 3.04. The predicted octanol–water partition coefficient (Wildman–Crippen LogP) is 1.89. The Kier molecular flexibility index (Phi) is 3.96. The highest BCUT2D eigenvalue weighted by Gasteiger charge is 2.18. The molecular formula is C15H15N3O2S. The van der Waals surface area contributed by atoms with Gasteiger partial charge in [-0.2, -0.15) is 0 Å². The Morgan fingerprint density at radius 1 is 1.24 bits per heavy atom. The van der Waals surface area contributed by atoms with Crippen molar-refractivity contribution in [3.8, 4) is 23.6 Å². The molecule has 0 saturated heterocycles. The van der Waals surface area contributed by atoms with Crippen LogP contribution in [0.3, 0.4) is 0 Å². The quantitative estimate of drug-likeness (QED) is 0.875. The van der Waals surface area contributed by atoms with Crippen molar-refractivity contribution in [3.05, 3.63) is 36.2 Å². The van der Waals surface area contributed by atoms with Crippen molar-refractivity contribution in [2.75, 3.05) is 5.73 Å². The SMILES string of the molecule is C#Cc1nc(-c2ccc(S(=O)(=O)C(C)C)cc2)cnc1N. The second kappa shape index (κ2) is 5.54. The molecule has 1 aromatic heterocycles. The molecule has 0 aliphatic heterocycles. The first kappa shape index (κ1) is 15.0. The van der Waals surface area contributed by atoms with Crippen LogP contribution in [0, 0.1) is 12.3 Å². The Balaban J connectivity index is 2.43. The van der Waals surface area contributed by atoms with Gasteiger partial charge in [0.2, 0.25) is 0 Å². The summed E-state index contributed by atoms with van der Waals surface area (Å²) in [5.74, 6) is 2.56. The summed E-state index contributed by atoms with van der Waals surface area (Å²) in [6, 6.07) is 6.46. The van der Waals surface area contributed by atoms with Crippen molar-refractivity contribution in [1.82, 2.24) is 9.97 Å². The fraction of sp³-hybridized carbons (Fsp3) is 0.200. The van der Waals surface area contributed by atoms with Gasteiger partial charge < -0.3 is 5.73 Å². The lowest BCUT2D eigenvalue weighted by atomic mass is 10.1. The van der Waals surface area contributed by atoms with Gasteiger partial charge in [-0.1, -0.05) is 12.1 Å². The first-order chi connectivity index (χ1) is 9.86. The molecule has 0 unspecified atom stereocenters. The van der Waals surface area contributed by atoms with Gasteiger partial charge in [0.1, 0.15) is 0 Å². The minimum Gasteiger partial charge on any atom is -0.381 e. The monoisotopic (exact) mass is 301 g/mol. The molecule has 2 N–H and O–H groups in total. The average Bonchev–Trinajstić information content (AvgIpc) is 2.47. The fourth-order valence-electron chi connectivity index (χ4n) is 1.73. The number of aromatic nitrogens is 2. The molecular weight excluding hydrogens is 286 g/mol. The van der Waals surface area contributed by atoms with Gasteiger partial charge in [-0.15, -0.1) is 6.42 Å². The van der Waals surface area contributed by atoms with Crippen molar-refractivity contribution in [2.24, 2.45) is 0 Å². The molecule has 6 heteroatoms. The lowest BCUT2D eigenvalue weighted by Gasteiger charge is -2.08. The molecule has 0 aliphatic carbocycles. The third-order valence-corrected chi connectivity index (χ3v) is 5.21. The van der Waals surface area contributed by atoms with E-state index in [0.717, 1.165) is 5.56 Å². The Morgan fingerprint density at radius 3 is 2.38 bits per heavy atom. The Labute approximate surface area is 124 Å². The molecule has 5 nitrogen and oxygen atoms in total. The van der Waals surface area contributed by atoms with E-state index in [-0.39, 0.29) is 16.4 Å². The second-order valence-corrected chi connectivity index (χ2v) is 7.26. The smallest absolute Gasteiger partial charge is 0.180 e. The zero-order valence-corrected chi connectivity index (χ0v) is 12.6. The minimum absolute atomic E-state index is 0.195. The number of nitrogen functional groups attached to an aromatic ring is 1. The summed E-state index contributed by atoms with van der Waals surface area (Å²) in [6.45, 7) is 3.29. The van der Waals surface area contributed by atoms with Gasteiger partial charge in [-0.05, 0) is 31.9 Å². The van der Waals surface area contributed by atoms with E-state index in [1.54, 1.807) is 38.1 Å². The standard InChI is InChI=1S/C15H15N3O2S/c1-4-13-15(16)17-9-14(18-13)11-5-7-12(8-6-11)21(19,20)10(2)3/h1,5-10H,2-3H3,(H2,16,17). The van der Waals surface area contributed by atoms with Crippen LogP contribution in [0.4, 0.5) is 5.82 Å². The van der Waals surface area contributed by atoms with Gasteiger partial charge in [-0.25, -0.2) is 18.4 Å². The molecule has 1 aromatic carbocycles. The fourth-order valence-corrected chi connectivity index (χ4v) is 2.79. The number of anilines is 1. The number of nitrogens with zero attached hydrogens (tertiary/aromatic N) is 2.